The fourth-order valence-electron chi connectivity index (χ4n) is 8.32. The van der Waals surface area contributed by atoms with E-state index in [1.54, 1.807) is 34.8 Å². The van der Waals surface area contributed by atoms with Gasteiger partial charge >= 0.3 is 11.3 Å². The number of nitrogens with one attached hydrogen (secondary N) is 2. The van der Waals surface area contributed by atoms with Crippen molar-refractivity contribution in [1.29, 1.82) is 0 Å². The molecule has 2 amide bonds. The van der Waals surface area contributed by atoms with Crippen molar-refractivity contribution in [1.82, 2.24) is 10.6 Å². The third kappa shape index (κ3) is 10.9. The molecule has 0 bridgehead atoms. The van der Waals surface area contributed by atoms with Crippen molar-refractivity contribution in [3.8, 4) is 0 Å². The van der Waals surface area contributed by atoms with Crippen LogP contribution in [0.1, 0.15) is 68.1 Å². The summed E-state index contributed by atoms with van der Waals surface area (Å²) in [5.41, 5.74) is 5.02. The molecule has 8 aromatic rings. The highest BCUT2D eigenvalue weighted by Gasteiger charge is 2.23. The molecule has 12 nitrogen and oxygen atoms in total. The molecule has 0 saturated carbocycles. The zero-order valence-corrected chi connectivity index (χ0v) is 40.0. The van der Waals surface area contributed by atoms with Crippen LogP contribution in [0.3, 0.4) is 0 Å². The number of unbranched alkanes of at least 4 members (excludes halogenated alkanes) is 2. The van der Waals surface area contributed by atoms with Crippen LogP contribution in [0, 0.1) is 0 Å². The Labute approximate surface area is 397 Å². The van der Waals surface area contributed by atoms with Crippen molar-refractivity contribution in [3.63, 3.8) is 0 Å². The summed E-state index contributed by atoms with van der Waals surface area (Å²) in [7, 11) is 0. The summed E-state index contributed by atoms with van der Waals surface area (Å²) >= 11 is 3.11. The van der Waals surface area contributed by atoms with Gasteiger partial charge in [-0.05, 0) is 108 Å². The van der Waals surface area contributed by atoms with Gasteiger partial charge in [-0.3, -0.25) is 9.59 Å². The van der Waals surface area contributed by atoms with Gasteiger partial charge in [0.05, 0.1) is 11.1 Å². The maximum Gasteiger partial charge on any atom is 0.343 e. The summed E-state index contributed by atoms with van der Waals surface area (Å²) < 4.78 is 17.5. The Balaban J connectivity index is 0.833. The molecule has 2 N–H and O–H groups in total. The minimum absolute atomic E-state index is 0.110. The number of aromatic nitrogens is 2. The van der Waals surface area contributed by atoms with E-state index in [2.05, 4.69) is 48.1 Å². The zero-order valence-electron chi connectivity index (χ0n) is 38.4. The molecule has 8 rings (SSSR count). The molecule has 0 atom stereocenters. The van der Waals surface area contributed by atoms with Crippen LogP contribution in [0.4, 0.5) is 11.4 Å². The van der Waals surface area contributed by atoms with Crippen LogP contribution in [-0.4, -0.2) is 51.1 Å². The average Bonchev–Trinajstić information content (AvgIpc) is 3.87. The summed E-state index contributed by atoms with van der Waals surface area (Å²) in [4.78, 5) is 57.1. The molecular formula is C53H56N6O6S2+2. The van der Waals surface area contributed by atoms with E-state index in [0.29, 0.717) is 35.4 Å². The first-order valence-electron chi connectivity index (χ1n) is 23.0. The van der Waals surface area contributed by atoms with E-state index in [4.69, 9.17) is 8.83 Å². The number of benzene rings is 4. The smallest absolute Gasteiger partial charge is 0.343 e. The van der Waals surface area contributed by atoms with Crippen molar-refractivity contribution in [2.75, 3.05) is 49.1 Å². The lowest BCUT2D eigenvalue weighted by molar-refractivity contribution is -0.656. The topological polar surface area (TPSA) is 133 Å². The van der Waals surface area contributed by atoms with Gasteiger partial charge in [0.1, 0.15) is 20.6 Å². The number of para-hydroxylation sites is 2. The summed E-state index contributed by atoms with van der Waals surface area (Å²) in [5, 5.41) is 9.48. The standard InChI is InChI=1S/C53H54N6O6S2/c1-5-56(6-2)40-24-20-36-30-38(52(62)64-44(36)32-40)22-26-50-58(42-16-10-12-18-46(42)66-50)34-48(60)54-28-14-9-15-29-55-49(61)35-59-43-17-11-13-19-47(43)67-51(59)27-23-39-31-37-21-25-41(57(7-3)8-4)33-45(37)65-53(39)63/h10-13,16-27,30-33H,5-9,14-15,28-29,34-35H2,1-4H3/p+2. The first-order valence-corrected chi connectivity index (χ1v) is 24.7. The number of fused-ring (bicyclic) bond motifs is 4. The highest BCUT2D eigenvalue weighted by Crippen LogP contribution is 2.26. The number of hydrogen-bond acceptors (Lipinski definition) is 10. The first kappa shape index (κ1) is 46.6. The maximum atomic E-state index is 13.3. The number of rotatable bonds is 20. The van der Waals surface area contributed by atoms with Crippen LogP contribution in [0.5, 0.6) is 0 Å². The molecule has 4 aromatic carbocycles. The van der Waals surface area contributed by atoms with E-state index < -0.39 is 11.3 Å². The van der Waals surface area contributed by atoms with E-state index >= 15 is 0 Å². The van der Waals surface area contributed by atoms with Crippen molar-refractivity contribution in [2.24, 2.45) is 0 Å². The number of amides is 2. The highest BCUT2D eigenvalue weighted by atomic mass is 32.1. The number of thiazole rings is 2. The fraction of sp³-hybridized carbons (Fsp3) is 0.283. The summed E-state index contributed by atoms with van der Waals surface area (Å²) in [6, 6.07) is 31.4. The van der Waals surface area contributed by atoms with Crippen molar-refractivity contribution < 1.29 is 27.6 Å². The Morgan fingerprint density at radius 3 is 1.39 bits per heavy atom. The van der Waals surface area contributed by atoms with E-state index in [0.717, 1.165) is 98.0 Å². The monoisotopic (exact) mass is 936 g/mol. The Hall–Kier alpha value is -6.90. The van der Waals surface area contributed by atoms with Crippen molar-refractivity contribution in [3.05, 3.63) is 139 Å². The van der Waals surface area contributed by atoms with Crippen LogP contribution in [0.2, 0.25) is 0 Å². The first-order chi connectivity index (χ1) is 32.7. The van der Waals surface area contributed by atoms with Crippen LogP contribution < -0.4 is 40.8 Å². The second-order valence-electron chi connectivity index (χ2n) is 16.2. The van der Waals surface area contributed by atoms with Crippen LogP contribution in [-0.2, 0) is 22.7 Å². The summed E-state index contributed by atoms with van der Waals surface area (Å²) in [6.07, 6.45) is 9.61. The molecule has 0 unspecified atom stereocenters. The number of carbonyl (C=O) groups excluding carboxylic acids is 2. The van der Waals surface area contributed by atoms with Gasteiger partial charge in [-0.25, -0.2) is 9.59 Å². The predicted octanol–water partition coefficient (Wildman–Crippen LogP) is 9.04. The fourth-order valence-corrected chi connectivity index (χ4v) is 10.4. The SMILES string of the molecule is CCN(CC)c1ccc2cc(/C=C/c3sc4ccccc4[n+]3CC(=O)NCCCCCNC(=O)C[n+]3c(/C=C/c4cc5ccc(N(CC)CC)cc5oc4=O)sc4ccccc43)c(=O)oc2c1. The Morgan fingerprint density at radius 1 is 0.552 bits per heavy atom. The lowest BCUT2D eigenvalue weighted by Crippen LogP contribution is -2.44. The zero-order chi connectivity index (χ0) is 46.9. The maximum absolute atomic E-state index is 13.3. The number of hydrogen-bond donors (Lipinski definition) is 2. The van der Waals surface area contributed by atoms with Gasteiger partial charge in [0.25, 0.3) is 21.8 Å². The average molecular weight is 937 g/mol. The van der Waals surface area contributed by atoms with Crippen LogP contribution in [0.25, 0.3) is 66.7 Å². The van der Waals surface area contributed by atoms with Crippen molar-refractivity contribution in [2.45, 2.75) is 60.0 Å². The second-order valence-corrected chi connectivity index (χ2v) is 18.3. The molecule has 344 valence electrons. The number of carbonyl (C=O) groups is 2. The third-order valence-electron chi connectivity index (χ3n) is 11.9. The Bertz CT molecular complexity index is 3030. The quantitative estimate of drug-likeness (QED) is 0.0440. The number of anilines is 2. The molecule has 67 heavy (non-hydrogen) atoms. The summed E-state index contributed by atoms with van der Waals surface area (Å²) in [6.45, 7) is 13.1. The van der Waals surface area contributed by atoms with E-state index in [9.17, 15) is 19.2 Å². The van der Waals surface area contributed by atoms with Crippen LogP contribution in [0.15, 0.2) is 115 Å². The molecule has 0 spiro atoms. The van der Waals surface area contributed by atoms with E-state index in [-0.39, 0.29) is 24.9 Å². The number of nitrogens with zero attached hydrogens (tertiary/aromatic N) is 4. The molecule has 0 aliphatic rings. The molecule has 0 radical (unpaired) electrons. The molecule has 0 fully saturated rings. The Morgan fingerprint density at radius 2 is 0.970 bits per heavy atom. The van der Waals surface area contributed by atoms with E-state index in [1.165, 1.54) is 0 Å². The minimum atomic E-state index is -0.418. The minimum Gasteiger partial charge on any atom is -0.422 e. The lowest BCUT2D eigenvalue weighted by atomic mass is 10.1. The van der Waals surface area contributed by atoms with Gasteiger partial charge in [0.2, 0.25) is 24.1 Å². The summed E-state index contributed by atoms with van der Waals surface area (Å²) in [5.74, 6) is -0.219. The van der Waals surface area contributed by atoms with E-state index in [1.807, 2.05) is 118 Å². The van der Waals surface area contributed by atoms with Gasteiger partial charge in [0.15, 0.2) is 0 Å². The van der Waals surface area contributed by atoms with Crippen molar-refractivity contribution >= 4 is 113 Å². The molecular weight excluding hydrogens is 881 g/mol. The molecule has 14 heteroatoms. The largest absolute Gasteiger partial charge is 0.422 e. The second kappa shape index (κ2) is 21.6. The van der Waals surface area contributed by atoms with Gasteiger partial charge in [-0.2, -0.15) is 9.13 Å². The Kier molecular flexibility index (Phi) is 15.0. The highest BCUT2D eigenvalue weighted by molar-refractivity contribution is 7.19. The molecule has 4 aromatic heterocycles. The van der Waals surface area contributed by atoms with Gasteiger partial charge in [-0.15, -0.1) is 0 Å². The van der Waals surface area contributed by atoms with Gasteiger partial charge < -0.3 is 29.3 Å². The molecule has 0 saturated heterocycles. The third-order valence-corrected chi connectivity index (χ3v) is 14.2. The molecule has 4 heterocycles. The molecule has 0 aliphatic heterocycles. The lowest BCUT2D eigenvalue weighted by Gasteiger charge is -2.20. The van der Waals surface area contributed by atoms with Gasteiger partial charge in [-0.1, -0.05) is 46.9 Å². The van der Waals surface area contributed by atoms with Gasteiger partial charge in [0, 0.05) is 97.8 Å². The predicted molar refractivity (Wildman–Crippen MR) is 274 cm³/mol. The normalized spacial score (nSPS) is 11.8. The van der Waals surface area contributed by atoms with Crippen LogP contribution >= 0.6 is 22.7 Å². The molecule has 0 aliphatic carbocycles.